The number of hydrogen-bond donors (Lipinski definition) is 0. The molecule has 0 bridgehead atoms. The molecule has 0 fully saturated rings. The summed E-state index contributed by atoms with van der Waals surface area (Å²) >= 11 is 1.48. The number of hydrogen-bond acceptors (Lipinski definition) is 7. The van der Waals surface area contributed by atoms with E-state index in [4.69, 9.17) is 4.52 Å². The summed E-state index contributed by atoms with van der Waals surface area (Å²) in [7, 11) is 0. The maximum atomic E-state index is 5.31. The molecule has 1 aromatic carbocycles. The fraction of sp³-hybridized carbons (Fsp3) is 0.400. The van der Waals surface area contributed by atoms with Gasteiger partial charge in [0.25, 0.3) is 0 Å². The van der Waals surface area contributed by atoms with Crippen LogP contribution in [0, 0.1) is 0 Å². The first-order chi connectivity index (χ1) is 11.2. The summed E-state index contributed by atoms with van der Waals surface area (Å²) in [5, 5.41) is 16.3. The maximum absolute atomic E-state index is 5.31. The average Bonchev–Trinajstić information content (AvgIpc) is 3.21. The van der Waals surface area contributed by atoms with Crippen molar-refractivity contribution in [2.75, 3.05) is 0 Å². The molecule has 0 atom stereocenters. The highest BCUT2D eigenvalue weighted by molar-refractivity contribution is 7.98. The SMILES string of the molecule is CCn1nnnc1SCc1nc(-c2ccc(C(C)C)cc2)no1. The number of aryl methyl sites for hydroxylation is 1. The molecule has 120 valence electrons. The Labute approximate surface area is 138 Å². The fourth-order valence-corrected chi connectivity index (χ4v) is 2.85. The zero-order chi connectivity index (χ0) is 16.2. The molecular formula is C15H18N6OS. The number of rotatable bonds is 6. The monoisotopic (exact) mass is 330 g/mol. The smallest absolute Gasteiger partial charge is 0.237 e. The van der Waals surface area contributed by atoms with E-state index >= 15 is 0 Å². The first kappa shape index (κ1) is 15.7. The molecule has 0 aliphatic carbocycles. The molecule has 0 amide bonds. The Morgan fingerprint density at radius 1 is 1.22 bits per heavy atom. The molecule has 3 aromatic rings. The summed E-state index contributed by atoms with van der Waals surface area (Å²) in [4.78, 5) is 4.43. The lowest BCUT2D eigenvalue weighted by Gasteiger charge is -2.04. The third-order valence-electron chi connectivity index (χ3n) is 3.43. The van der Waals surface area contributed by atoms with Gasteiger partial charge >= 0.3 is 0 Å². The second kappa shape index (κ2) is 6.91. The molecular weight excluding hydrogens is 312 g/mol. The van der Waals surface area contributed by atoms with Crippen LogP contribution in [0.3, 0.4) is 0 Å². The lowest BCUT2D eigenvalue weighted by atomic mass is 10.0. The molecule has 23 heavy (non-hydrogen) atoms. The first-order valence-electron chi connectivity index (χ1n) is 7.49. The minimum Gasteiger partial charge on any atom is -0.338 e. The van der Waals surface area contributed by atoms with E-state index in [1.165, 1.54) is 17.3 Å². The summed E-state index contributed by atoms with van der Waals surface area (Å²) in [6, 6.07) is 8.24. The number of tetrazole rings is 1. The standard InChI is InChI=1S/C15H18N6OS/c1-4-21-15(17-19-20-21)23-9-13-16-14(18-22-13)12-7-5-11(6-8-12)10(2)3/h5-8,10H,4,9H2,1-3H3. The Morgan fingerprint density at radius 2 is 2.00 bits per heavy atom. The normalized spacial score (nSPS) is 11.3. The molecule has 7 nitrogen and oxygen atoms in total. The van der Waals surface area contributed by atoms with Crippen LogP contribution >= 0.6 is 11.8 Å². The molecule has 0 spiro atoms. The summed E-state index contributed by atoms with van der Waals surface area (Å²) < 4.78 is 7.04. The quantitative estimate of drug-likeness (QED) is 0.642. The lowest BCUT2D eigenvalue weighted by molar-refractivity contribution is 0.391. The zero-order valence-corrected chi connectivity index (χ0v) is 14.1. The molecule has 0 aliphatic rings. The van der Waals surface area contributed by atoms with Gasteiger partial charge in [0, 0.05) is 12.1 Å². The minimum absolute atomic E-state index is 0.505. The van der Waals surface area contributed by atoms with Gasteiger partial charge in [-0.25, -0.2) is 4.68 Å². The third-order valence-corrected chi connectivity index (χ3v) is 4.37. The second-order valence-corrected chi connectivity index (χ2v) is 6.30. The van der Waals surface area contributed by atoms with E-state index in [2.05, 4.69) is 51.6 Å². The van der Waals surface area contributed by atoms with Gasteiger partial charge in [-0.3, -0.25) is 0 Å². The summed E-state index contributed by atoms with van der Waals surface area (Å²) in [5.74, 6) is 2.21. The van der Waals surface area contributed by atoms with Crippen LogP contribution in [0.1, 0.15) is 38.1 Å². The largest absolute Gasteiger partial charge is 0.338 e. The van der Waals surface area contributed by atoms with E-state index in [0.717, 1.165) is 17.3 Å². The van der Waals surface area contributed by atoms with E-state index in [1.54, 1.807) is 4.68 Å². The maximum Gasteiger partial charge on any atom is 0.237 e. The fourth-order valence-electron chi connectivity index (χ4n) is 2.07. The van der Waals surface area contributed by atoms with Gasteiger partial charge in [0.05, 0.1) is 5.75 Å². The van der Waals surface area contributed by atoms with Crippen molar-refractivity contribution in [3.05, 3.63) is 35.7 Å². The first-order valence-corrected chi connectivity index (χ1v) is 8.47. The Balaban J connectivity index is 1.68. The van der Waals surface area contributed by atoms with Crippen LogP contribution in [-0.4, -0.2) is 30.3 Å². The summed E-state index contributed by atoms with van der Waals surface area (Å²) in [6.07, 6.45) is 0. The highest BCUT2D eigenvalue weighted by Gasteiger charge is 2.12. The van der Waals surface area contributed by atoms with Gasteiger partial charge in [-0.2, -0.15) is 4.98 Å². The van der Waals surface area contributed by atoms with Crippen molar-refractivity contribution in [3.63, 3.8) is 0 Å². The van der Waals surface area contributed by atoms with Crippen LogP contribution in [0.2, 0.25) is 0 Å². The van der Waals surface area contributed by atoms with Crippen molar-refractivity contribution in [3.8, 4) is 11.4 Å². The van der Waals surface area contributed by atoms with Crippen LogP contribution in [-0.2, 0) is 12.3 Å². The molecule has 8 heteroatoms. The van der Waals surface area contributed by atoms with Crippen molar-refractivity contribution in [2.24, 2.45) is 0 Å². The van der Waals surface area contributed by atoms with Crippen molar-refractivity contribution in [2.45, 2.75) is 44.1 Å². The van der Waals surface area contributed by atoms with Gasteiger partial charge < -0.3 is 4.52 Å². The Kier molecular flexibility index (Phi) is 4.71. The van der Waals surface area contributed by atoms with Gasteiger partial charge in [-0.15, -0.1) is 5.10 Å². The van der Waals surface area contributed by atoms with Gasteiger partial charge in [-0.05, 0) is 28.8 Å². The molecule has 2 heterocycles. The molecule has 0 aliphatic heterocycles. The predicted octanol–water partition coefficient (Wildman–Crippen LogP) is 3.16. The van der Waals surface area contributed by atoms with Crippen molar-refractivity contribution in [1.82, 2.24) is 30.3 Å². The molecule has 2 aromatic heterocycles. The summed E-state index contributed by atoms with van der Waals surface area (Å²) in [6.45, 7) is 7.06. The van der Waals surface area contributed by atoms with E-state index in [1.807, 2.05) is 19.1 Å². The molecule has 0 saturated carbocycles. The van der Waals surface area contributed by atoms with E-state index < -0.39 is 0 Å². The number of thioether (sulfide) groups is 1. The molecule has 0 unspecified atom stereocenters. The van der Waals surface area contributed by atoms with E-state index in [0.29, 0.717) is 23.4 Å². The minimum atomic E-state index is 0.505. The van der Waals surface area contributed by atoms with Gasteiger partial charge in [0.1, 0.15) is 0 Å². The number of benzene rings is 1. The van der Waals surface area contributed by atoms with Gasteiger partial charge in [0.2, 0.25) is 16.9 Å². The Bertz CT molecular complexity index is 764. The molecule has 3 rings (SSSR count). The van der Waals surface area contributed by atoms with Crippen molar-refractivity contribution < 1.29 is 4.52 Å². The molecule has 0 N–H and O–H groups in total. The van der Waals surface area contributed by atoms with Gasteiger partial charge in [-0.1, -0.05) is 55.0 Å². The Morgan fingerprint density at radius 3 is 2.70 bits per heavy atom. The van der Waals surface area contributed by atoms with Crippen LogP contribution in [0.25, 0.3) is 11.4 Å². The third kappa shape index (κ3) is 3.58. The van der Waals surface area contributed by atoms with Crippen LogP contribution in [0.5, 0.6) is 0 Å². The van der Waals surface area contributed by atoms with Crippen molar-refractivity contribution >= 4 is 11.8 Å². The number of aromatic nitrogens is 6. The lowest BCUT2D eigenvalue weighted by Crippen LogP contribution is -1.98. The van der Waals surface area contributed by atoms with Crippen molar-refractivity contribution in [1.29, 1.82) is 0 Å². The van der Waals surface area contributed by atoms with Crippen LogP contribution in [0.4, 0.5) is 0 Å². The van der Waals surface area contributed by atoms with Gasteiger partial charge in [0.15, 0.2) is 0 Å². The number of nitrogens with zero attached hydrogens (tertiary/aromatic N) is 6. The summed E-state index contributed by atoms with van der Waals surface area (Å²) in [5.41, 5.74) is 2.24. The highest BCUT2D eigenvalue weighted by atomic mass is 32.2. The molecule has 0 saturated heterocycles. The molecule has 0 radical (unpaired) electrons. The van der Waals surface area contributed by atoms with E-state index in [9.17, 15) is 0 Å². The topological polar surface area (TPSA) is 82.5 Å². The highest BCUT2D eigenvalue weighted by Crippen LogP contribution is 2.23. The van der Waals surface area contributed by atoms with E-state index in [-0.39, 0.29) is 0 Å². The predicted molar refractivity (Wildman–Crippen MR) is 86.9 cm³/mol. The zero-order valence-electron chi connectivity index (χ0n) is 13.3. The van der Waals surface area contributed by atoms with Crippen LogP contribution < -0.4 is 0 Å². The van der Waals surface area contributed by atoms with Crippen LogP contribution in [0.15, 0.2) is 33.9 Å². The average molecular weight is 330 g/mol. The second-order valence-electron chi connectivity index (χ2n) is 5.35. The Hall–Kier alpha value is -2.22.